The Labute approximate surface area is 336 Å². The summed E-state index contributed by atoms with van der Waals surface area (Å²) in [5, 5.41) is 34.3. The smallest absolute Gasteiger partial charge is 0.329 e. The van der Waals surface area contributed by atoms with E-state index in [1.165, 1.54) is 4.90 Å². The molecule has 0 aromatic rings. The maximum atomic E-state index is 14.4. The van der Waals surface area contributed by atoms with Crippen molar-refractivity contribution < 1.29 is 48.7 Å². The Morgan fingerprint density at radius 1 is 1.00 bits per heavy atom. The fourth-order valence-corrected chi connectivity index (χ4v) is 10.3. The number of ketones is 2. The maximum Gasteiger partial charge on any atom is 0.329 e. The number of aliphatic hydroxyl groups excluding tert-OH is 2. The van der Waals surface area contributed by atoms with Crippen LogP contribution in [0.4, 0.5) is 0 Å². The molecule has 4 aliphatic rings. The molecule has 0 spiro atoms. The number of rotatable bonds is 5. The number of esters is 1. The average Bonchev–Trinajstić information content (AvgIpc) is 3.16. The Kier molecular flexibility index (Phi) is 16.1. The van der Waals surface area contributed by atoms with Crippen LogP contribution >= 0.6 is 0 Å². The zero-order valence-corrected chi connectivity index (χ0v) is 35.9. The highest BCUT2D eigenvalue weighted by Gasteiger charge is 2.55. The van der Waals surface area contributed by atoms with Gasteiger partial charge in [0.15, 0.2) is 0 Å². The van der Waals surface area contributed by atoms with Crippen LogP contribution in [-0.4, -0.2) is 99.7 Å². The summed E-state index contributed by atoms with van der Waals surface area (Å²) in [7, 11) is 1.58. The van der Waals surface area contributed by atoms with E-state index in [0.29, 0.717) is 50.5 Å². The lowest BCUT2D eigenvalue weighted by Gasteiger charge is -2.47. The molecule has 3 fully saturated rings. The van der Waals surface area contributed by atoms with Crippen LogP contribution in [0.15, 0.2) is 23.3 Å². The van der Waals surface area contributed by atoms with Crippen LogP contribution in [-0.2, 0) is 33.4 Å². The molecule has 1 saturated carbocycles. The number of piperidine rings is 1. The van der Waals surface area contributed by atoms with Crippen molar-refractivity contribution in [3.05, 3.63) is 23.3 Å². The molecule has 11 heteroatoms. The van der Waals surface area contributed by atoms with Gasteiger partial charge in [-0.15, -0.1) is 0 Å². The number of hydrogen-bond donors (Lipinski definition) is 3. The molecule has 1 aliphatic carbocycles. The molecule has 1 amide bonds. The Bertz CT molecular complexity index is 1460. The molecule has 1 unspecified atom stereocenters. The molecule has 11 nitrogen and oxygen atoms in total. The highest BCUT2D eigenvalue weighted by atomic mass is 16.6. The predicted octanol–water partition coefficient (Wildman–Crippen LogP) is 6.50. The summed E-state index contributed by atoms with van der Waals surface area (Å²) in [5.41, 5.74) is 1.34. The van der Waals surface area contributed by atoms with Crippen LogP contribution < -0.4 is 0 Å². The molecule has 14 atom stereocenters. The van der Waals surface area contributed by atoms with Gasteiger partial charge in [0, 0.05) is 37.8 Å². The van der Waals surface area contributed by atoms with Crippen molar-refractivity contribution in [2.24, 2.45) is 40.9 Å². The van der Waals surface area contributed by atoms with Gasteiger partial charge in [-0.1, -0.05) is 72.6 Å². The van der Waals surface area contributed by atoms with E-state index in [1.54, 1.807) is 21.0 Å². The van der Waals surface area contributed by atoms with Crippen LogP contribution in [0.5, 0.6) is 0 Å². The molecule has 0 aromatic carbocycles. The minimum absolute atomic E-state index is 0.0358. The number of allylic oxidation sites excluding steroid dienone is 3. The first kappa shape index (κ1) is 46.3. The van der Waals surface area contributed by atoms with Crippen LogP contribution in [0, 0.1) is 40.9 Å². The van der Waals surface area contributed by atoms with Gasteiger partial charge in [-0.3, -0.25) is 14.4 Å². The molecule has 3 aliphatic heterocycles. The largest absolute Gasteiger partial charge is 0.456 e. The number of fused-ring (bicyclic) bond motifs is 3. The third-order valence-electron chi connectivity index (χ3n) is 13.7. The number of carbonyl (C=O) groups is 4. The minimum atomic E-state index is -2.34. The summed E-state index contributed by atoms with van der Waals surface area (Å²) in [4.78, 5) is 57.9. The number of ether oxygens (including phenoxy) is 3. The van der Waals surface area contributed by atoms with Gasteiger partial charge in [0.05, 0.1) is 24.4 Å². The Balaban J connectivity index is 1.77. The molecule has 0 radical (unpaired) electrons. The summed E-state index contributed by atoms with van der Waals surface area (Å²) < 4.78 is 18.3. The molecule has 3 heterocycles. The van der Waals surface area contributed by atoms with Crippen molar-refractivity contribution in [1.29, 1.82) is 0 Å². The zero-order valence-electron chi connectivity index (χ0n) is 35.9. The first-order valence-electron chi connectivity index (χ1n) is 21.5. The molecule has 4 rings (SSSR count). The van der Waals surface area contributed by atoms with Gasteiger partial charge >= 0.3 is 5.97 Å². The molecule has 318 valence electrons. The number of cyclic esters (lactones) is 1. The van der Waals surface area contributed by atoms with Gasteiger partial charge < -0.3 is 34.4 Å². The quantitative estimate of drug-likeness (QED) is 0.160. The van der Waals surface area contributed by atoms with Crippen LogP contribution in [0.2, 0.25) is 0 Å². The standard InChI is InChI=1S/C45H73NO10/c1-11-32-21-27(4)19-26(3)20-28(5)40-33(12-2)22-30(7)45(53,56-40)41(50)42(51)46-18-14-13-15-34(46)43(52)55-39(31(8)36(48)23-37(32)49)29(6)24-44(9)17-16-35(47)38(25-44)54-10/h21,24,26,28,30-36,38-40,47-48,53H,11-20,22-23,25H2,1-10H3/b27-21+,29-24+/t26-,28-,30+,31+,32+,33-,34?,35+,36-,38+,39+,40+,44+,45+/m0/s1. The fourth-order valence-electron chi connectivity index (χ4n) is 10.3. The monoisotopic (exact) mass is 788 g/mol. The van der Waals surface area contributed by atoms with E-state index in [9.17, 15) is 34.5 Å². The van der Waals surface area contributed by atoms with Crippen molar-refractivity contribution in [3.63, 3.8) is 0 Å². The van der Waals surface area contributed by atoms with E-state index < -0.39 is 71.2 Å². The Morgan fingerprint density at radius 3 is 2.34 bits per heavy atom. The van der Waals surface area contributed by atoms with E-state index in [4.69, 9.17) is 14.2 Å². The number of hydrogen-bond acceptors (Lipinski definition) is 10. The first-order chi connectivity index (χ1) is 26.3. The first-order valence-corrected chi connectivity index (χ1v) is 21.5. The van der Waals surface area contributed by atoms with E-state index in [0.717, 1.165) is 24.8 Å². The number of nitrogens with zero attached hydrogens (tertiary/aromatic N) is 1. The lowest BCUT2D eigenvalue weighted by atomic mass is 9.71. The molecule has 56 heavy (non-hydrogen) atoms. The van der Waals surface area contributed by atoms with Crippen LogP contribution in [0.1, 0.15) is 139 Å². The number of methoxy groups -OCH3 is 1. The molecule has 2 bridgehead atoms. The van der Waals surface area contributed by atoms with Crippen molar-refractivity contribution in [2.75, 3.05) is 13.7 Å². The second-order valence-electron chi connectivity index (χ2n) is 18.6. The Hall–Kier alpha value is -2.44. The SMILES string of the molecule is CC[C@H]1C[C@@H](C)[C@@]2(O)O[C@@H]1[C@@H](C)C[C@@H](C)C/C(C)=C/[C@@H](CC)C(=O)C[C@H](O)[C@@H](C)[C@@H](/C(C)=C/[C@@]1(C)CC[C@@H](O)[C@H](OC)C1)OC(=O)C1CCCCN1C(=O)C2=O. The summed E-state index contributed by atoms with van der Waals surface area (Å²) >= 11 is 0. The van der Waals surface area contributed by atoms with Crippen molar-refractivity contribution in [1.82, 2.24) is 4.90 Å². The number of aliphatic hydroxyl groups is 3. The Morgan fingerprint density at radius 2 is 1.70 bits per heavy atom. The van der Waals surface area contributed by atoms with Crippen molar-refractivity contribution in [2.45, 2.75) is 182 Å². The second-order valence-corrected chi connectivity index (χ2v) is 18.6. The highest BCUT2D eigenvalue weighted by Crippen LogP contribution is 2.44. The predicted molar refractivity (Wildman–Crippen MR) is 214 cm³/mol. The topological polar surface area (TPSA) is 160 Å². The summed E-state index contributed by atoms with van der Waals surface area (Å²) in [5.74, 6) is -6.64. The summed E-state index contributed by atoms with van der Waals surface area (Å²) in [6.45, 7) is 17.8. The third-order valence-corrected chi connectivity index (χ3v) is 13.7. The van der Waals surface area contributed by atoms with Crippen molar-refractivity contribution >= 4 is 23.4 Å². The van der Waals surface area contributed by atoms with Gasteiger partial charge in [0.1, 0.15) is 17.9 Å². The molecular weight excluding hydrogens is 714 g/mol. The van der Waals surface area contributed by atoms with Gasteiger partial charge in [-0.05, 0) is 107 Å². The van der Waals surface area contributed by atoms with E-state index >= 15 is 0 Å². The molecule has 2 saturated heterocycles. The lowest BCUT2D eigenvalue weighted by Crippen LogP contribution is -2.62. The van der Waals surface area contributed by atoms with Crippen molar-refractivity contribution in [3.8, 4) is 0 Å². The highest BCUT2D eigenvalue weighted by molar-refractivity contribution is 6.39. The maximum absolute atomic E-state index is 14.4. The average molecular weight is 788 g/mol. The molecular formula is C45H73NO10. The van der Waals surface area contributed by atoms with Crippen LogP contribution in [0.25, 0.3) is 0 Å². The summed E-state index contributed by atoms with van der Waals surface area (Å²) in [6, 6.07) is -1.09. The third kappa shape index (κ3) is 10.6. The second kappa shape index (κ2) is 19.5. The summed E-state index contributed by atoms with van der Waals surface area (Å²) in [6.07, 6.45) is 6.97. The normalized spacial score (nSPS) is 42.9. The van der Waals surface area contributed by atoms with Crippen LogP contribution in [0.3, 0.4) is 0 Å². The van der Waals surface area contributed by atoms with Gasteiger partial charge in [-0.25, -0.2) is 4.79 Å². The van der Waals surface area contributed by atoms with E-state index in [1.807, 2.05) is 32.9 Å². The lowest BCUT2D eigenvalue weighted by molar-refractivity contribution is -0.284. The number of carbonyl (C=O) groups excluding carboxylic acids is 4. The molecule has 3 N–H and O–H groups in total. The van der Waals surface area contributed by atoms with Gasteiger partial charge in [0.25, 0.3) is 11.7 Å². The number of Topliss-reactive ketones (excluding diaryl/α,β-unsaturated/α-hetero) is 2. The van der Waals surface area contributed by atoms with E-state index in [-0.39, 0.29) is 54.9 Å². The number of amides is 1. The van der Waals surface area contributed by atoms with Gasteiger partial charge in [-0.2, -0.15) is 0 Å². The van der Waals surface area contributed by atoms with E-state index in [2.05, 4.69) is 27.7 Å². The molecule has 0 aromatic heterocycles. The minimum Gasteiger partial charge on any atom is -0.456 e. The zero-order chi connectivity index (χ0) is 41.7. The fraction of sp³-hybridized carbons (Fsp3) is 0.822. The van der Waals surface area contributed by atoms with Gasteiger partial charge in [0.2, 0.25) is 5.79 Å².